The van der Waals surface area contributed by atoms with Crippen molar-refractivity contribution in [2.45, 2.75) is 0 Å². The summed E-state index contributed by atoms with van der Waals surface area (Å²) in [6.07, 6.45) is 0. The zero-order valence-electron chi connectivity index (χ0n) is 10.7. The lowest BCUT2D eigenvalue weighted by atomic mass is 10.2. The van der Waals surface area contributed by atoms with Crippen LogP contribution in [0.5, 0.6) is 11.5 Å². The van der Waals surface area contributed by atoms with Gasteiger partial charge in [-0.05, 0) is 30.3 Å². The van der Waals surface area contributed by atoms with E-state index in [0.29, 0.717) is 10.8 Å². The van der Waals surface area contributed by atoms with Crippen LogP contribution in [0.15, 0.2) is 36.4 Å². The van der Waals surface area contributed by atoms with E-state index in [1.165, 1.54) is 23.5 Å². The van der Waals surface area contributed by atoms with Gasteiger partial charge in [0.05, 0.1) is 10.2 Å². The number of carbonyl (C=O) groups excluding carboxylic acids is 1. The molecule has 0 fully saturated rings. The summed E-state index contributed by atoms with van der Waals surface area (Å²) in [6.45, 7) is 0. The molecule has 3 rings (SSSR count). The van der Waals surface area contributed by atoms with Gasteiger partial charge in [-0.25, -0.2) is 4.98 Å². The fourth-order valence-electron chi connectivity index (χ4n) is 1.89. The third-order valence-electron chi connectivity index (χ3n) is 2.80. The normalized spacial score (nSPS) is 10.7. The number of aromatic hydroxyl groups is 2. The molecule has 0 bridgehead atoms. The minimum atomic E-state index is -0.465. The molecule has 0 atom stereocenters. The molecule has 0 aliphatic rings. The molecule has 0 saturated carbocycles. The summed E-state index contributed by atoms with van der Waals surface area (Å²) in [4.78, 5) is 16.3. The lowest BCUT2D eigenvalue weighted by Gasteiger charge is -2.03. The first-order valence-corrected chi connectivity index (χ1v) is 6.83. The number of thiazole rings is 1. The van der Waals surface area contributed by atoms with Gasteiger partial charge in [0.2, 0.25) is 0 Å². The van der Waals surface area contributed by atoms with E-state index in [0.717, 1.165) is 16.3 Å². The number of nitrogen functional groups attached to an aromatic ring is 1. The number of nitrogens with zero attached hydrogens (tertiary/aromatic N) is 1. The van der Waals surface area contributed by atoms with E-state index in [9.17, 15) is 15.0 Å². The minimum Gasteiger partial charge on any atom is -0.508 e. The maximum Gasteiger partial charge on any atom is 0.257 e. The number of phenols is 2. The number of aromatic nitrogens is 1. The Hall–Kier alpha value is -2.80. The average molecular weight is 301 g/mol. The number of nitrogens with two attached hydrogens (primary N) is 1. The van der Waals surface area contributed by atoms with Crippen molar-refractivity contribution in [3.63, 3.8) is 0 Å². The molecule has 2 aromatic carbocycles. The largest absolute Gasteiger partial charge is 0.508 e. The van der Waals surface area contributed by atoms with Gasteiger partial charge in [0, 0.05) is 17.3 Å². The van der Waals surface area contributed by atoms with Crippen molar-refractivity contribution < 1.29 is 15.0 Å². The summed E-state index contributed by atoms with van der Waals surface area (Å²) in [7, 11) is 0. The lowest BCUT2D eigenvalue weighted by Crippen LogP contribution is -2.11. The highest BCUT2D eigenvalue weighted by molar-refractivity contribution is 7.22. The van der Waals surface area contributed by atoms with E-state index in [2.05, 4.69) is 10.3 Å². The van der Waals surface area contributed by atoms with Crippen LogP contribution >= 0.6 is 11.3 Å². The molecule has 1 aromatic heterocycles. The van der Waals surface area contributed by atoms with Crippen LogP contribution in [-0.2, 0) is 0 Å². The molecule has 0 unspecified atom stereocenters. The van der Waals surface area contributed by atoms with Crippen LogP contribution in [0.2, 0.25) is 0 Å². The predicted molar refractivity (Wildman–Crippen MR) is 81.8 cm³/mol. The molecule has 3 aromatic rings. The highest BCUT2D eigenvalue weighted by Crippen LogP contribution is 2.28. The monoisotopic (exact) mass is 301 g/mol. The second-order valence-electron chi connectivity index (χ2n) is 4.44. The first-order chi connectivity index (χ1) is 10.0. The van der Waals surface area contributed by atoms with Gasteiger partial charge in [0.1, 0.15) is 11.5 Å². The molecule has 1 heterocycles. The van der Waals surface area contributed by atoms with Crippen LogP contribution in [0.4, 0.5) is 10.8 Å². The van der Waals surface area contributed by atoms with E-state index < -0.39 is 5.91 Å². The van der Waals surface area contributed by atoms with Gasteiger partial charge in [-0.15, -0.1) is 0 Å². The standard InChI is InChI=1S/C14H11N3O3S/c15-8-1-2-11-12(5-8)21-14(16-11)17-13(20)7-3-9(18)6-10(19)4-7/h1-6,18-19H,15H2,(H,16,17,20). The SMILES string of the molecule is Nc1ccc2nc(NC(=O)c3cc(O)cc(O)c3)sc2c1. The number of benzene rings is 2. The maximum absolute atomic E-state index is 12.1. The summed E-state index contributed by atoms with van der Waals surface area (Å²) in [5, 5.41) is 21.8. The Bertz CT molecular complexity index is 824. The molecule has 7 heteroatoms. The van der Waals surface area contributed by atoms with Gasteiger partial charge >= 0.3 is 0 Å². The van der Waals surface area contributed by atoms with Gasteiger partial charge in [-0.1, -0.05) is 11.3 Å². The van der Waals surface area contributed by atoms with Gasteiger partial charge in [-0.2, -0.15) is 0 Å². The predicted octanol–water partition coefficient (Wildman–Crippen LogP) is 2.54. The highest BCUT2D eigenvalue weighted by Gasteiger charge is 2.12. The molecule has 5 N–H and O–H groups in total. The number of hydrogen-bond donors (Lipinski definition) is 4. The summed E-state index contributed by atoms with van der Waals surface area (Å²) < 4.78 is 0.865. The third-order valence-corrected chi connectivity index (χ3v) is 3.73. The van der Waals surface area contributed by atoms with Gasteiger partial charge < -0.3 is 15.9 Å². The second-order valence-corrected chi connectivity index (χ2v) is 5.47. The Kier molecular flexibility index (Phi) is 3.11. The van der Waals surface area contributed by atoms with Crippen LogP contribution in [0, 0.1) is 0 Å². The fourth-order valence-corrected chi connectivity index (χ4v) is 2.80. The molecule has 106 valence electrons. The Morgan fingerprint density at radius 2 is 1.86 bits per heavy atom. The van der Waals surface area contributed by atoms with Crippen LogP contribution in [0.25, 0.3) is 10.2 Å². The smallest absolute Gasteiger partial charge is 0.257 e. The molecule has 6 nitrogen and oxygen atoms in total. The number of amides is 1. The van der Waals surface area contributed by atoms with Crippen LogP contribution in [0.3, 0.4) is 0 Å². The Morgan fingerprint density at radius 1 is 1.14 bits per heavy atom. The minimum absolute atomic E-state index is 0.145. The summed E-state index contributed by atoms with van der Waals surface area (Å²) in [5.41, 5.74) is 7.21. The number of carbonyl (C=O) groups is 1. The van der Waals surface area contributed by atoms with E-state index in [1.54, 1.807) is 18.2 Å². The number of anilines is 2. The molecule has 0 radical (unpaired) electrons. The average Bonchev–Trinajstić information content (AvgIpc) is 2.78. The van der Waals surface area contributed by atoms with E-state index >= 15 is 0 Å². The van der Waals surface area contributed by atoms with E-state index in [4.69, 9.17) is 5.73 Å². The Morgan fingerprint density at radius 3 is 2.57 bits per heavy atom. The van der Waals surface area contributed by atoms with Crippen molar-refractivity contribution in [2.75, 3.05) is 11.1 Å². The van der Waals surface area contributed by atoms with Crippen LogP contribution in [0.1, 0.15) is 10.4 Å². The molecule has 0 aliphatic heterocycles. The fraction of sp³-hybridized carbons (Fsp3) is 0. The Labute approximate surface area is 123 Å². The maximum atomic E-state index is 12.1. The number of phenolic OH excluding ortho intramolecular Hbond substituents is 2. The van der Waals surface area contributed by atoms with E-state index in [-0.39, 0.29) is 17.1 Å². The van der Waals surface area contributed by atoms with Crippen LogP contribution < -0.4 is 11.1 Å². The zero-order chi connectivity index (χ0) is 15.0. The van der Waals surface area contributed by atoms with E-state index in [1.807, 2.05) is 0 Å². The molecule has 21 heavy (non-hydrogen) atoms. The number of nitrogens with one attached hydrogen (secondary N) is 1. The van der Waals surface area contributed by atoms with Gasteiger partial charge in [0.15, 0.2) is 5.13 Å². The number of rotatable bonds is 2. The van der Waals surface area contributed by atoms with Crippen molar-refractivity contribution in [3.05, 3.63) is 42.0 Å². The second kappa shape index (κ2) is 4.95. The Balaban J connectivity index is 1.88. The lowest BCUT2D eigenvalue weighted by molar-refractivity contribution is 0.102. The highest BCUT2D eigenvalue weighted by atomic mass is 32.1. The summed E-state index contributed by atoms with van der Waals surface area (Å²) >= 11 is 1.29. The van der Waals surface area contributed by atoms with Gasteiger partial charge in [-0.3, -0.25) is 10.1 Å². The van der Waals surface area contributed by atoms with Gasteiger partial charge in [0.25, 0.3) is 5.91 Å². The molecular formula is C14H11N3O3S. The summed E-state index contributed by atoms with van der Waals surface area (Å²) in [6, 6.07) is 8.97. The molecule has 0 spiro atoms. The quantitative estimate of drug-likeness (QED) is 0.544. The number of hydrogen-bond acceptors (Lipinski definition) is 6. The van der Waals surface area contributed by atoms with Crippen molar-refractivity contribution >= 4 is 38.3 Å². The molecule has 1 amide bonds. The molecular weight excluding hydrogens is 290 g/mol. The van der Waals surface area contributed by atoms with Crippen molar-refractivity contribution in [3.8, 4) is 11.5 Å². The first kappa shape index (κ1) is 13.2. The third kappa shape index (κ3) is 2.72. The molecule has 0 aliphatic carbocycles. The number of fused-ring (bicyclic) bond motifs is 1. The van der Waals surface area contributed by atoms with Crippen LogP contribution in [-0.4, -0.2) is 21.1 Å². The van der Waals surface area contributed by atoms with Crippen molar-refractivity contribution in [2.24, 2.45) is 0 Å². The molecule has 0 saturated heterocycles. The topological polar surface area (TPSA) is 108 Å². The van der Waals surface area contributed by atoms with Crippen molar-refractivity contribution in [1.29, 1.82) is 0 Å². The first-order valence-electron chi connectivity index (χ1n) is 6.02. The summed E-state index contributed by atoms with van der Waals surface area (Å²) in [5.74, 6) is -0.831. The zero-order valence-corrected chi connectivity index (χ0v) is 11.5. The van der Waals surface area contributed by atoms with Crippen molar-refractivity contribution in [1.82, 2.24) is 4.98 Å².